The second kappa shape index (κ2) is 6.88. The average Bonchev–Trinajstić information content (AvgIpc) is 2.95. The van der Waals surface area contributed by atoms with Crippen LogP contribution in [0.5, 0.6) is 5.75 Å². The van der Waals surface area contributed by atoms with Crippen molar-refractivity contribution in [1.82, 2.24) is 14.8 Å². The normalized spacial score (nSPS) is 11.8. The Morgan fingerprint density at radius 3 is 2.17 bits per heavy atom. The van der Waals surface area contributed by atoms with Gasteiger partial charge >= 0.3 is 6.36 Å². The van der Waals surface area contributed by atoms with Crippen molar-refractivity contribution in [2.75, 3.05) is 0 Å². The Hall–Kier alpha value is -3.42. The third kappa shape index (κ3) is 3.78. The van der Waals surface area contributed by atoms with Gasteiger partial charge in [0.2, 0.25) is 0 Å². The average molecular weight is 401 g/mol. The summed E-state index contributed by atoms with van der Waals surface area (Å²) in [5.41, 5.74) is 4.06. The fraction of sp³-hybridized carbons (Fsp3) is 0.143. The van der Waals surface area contributed by atoms with Crippen LogP contribution in [-0.2, 0) is 7.05 Å². The van der Waals surface area contributed by atoms with Crippen LogP contribution in [-0.4, -0.2) is 21.1 Å². The Labute approximate surface area is 163 Å². The SMILES string of the molecule is Cc1nn(C)c2cc(-c3ccc(F)cc3)nc(-c3ccc(OC(F)(F)F)cc3)c12. The maximum atomic E-state index is 13.3. The highest BCUT2D eigenvalue weighted by molar-refractivity contribution is 5.97. The molecule has 0 saturated heterocycles. The predicted octanol–water partition coefficient (Wildman–Crippen LogP) is 5.65. The summed E-state index contributed by atoms with van der Waals surface area (Å²) in [5, 5.41) is 5.23. The number of fused-ring (bicyclic) bond motifs is 1. The maximum absolute atomic E-state index is 13.3. The molecule has 0 amide bonds. The zero-order valence-electron chi connectivity index (χ0n) is 15.5. The van der Waals surface area contributed by atoms with Gasteiger partial charge in [0, 0.05) is 23.6 Å². The van der Waals surface area contributed by atoms with Crippen LogP contribution in [0.3, 0.4) is 0 Å². The molecule has 0 atom stereocenters. The first-order valence-corrected chi connectivity index (χ1v) is 8.68. The van der Waals surface area contributed by atoms with E-state index in [9.17, 15) is 17.6 Å². The number of nitrogens with zero attached hydrogens (tertiary/aromatic N) is 3. The molecule has 0 fully saturated rings. The van der Waals surface area contributed by atoms with Gasteiger partial charge in [-0.3, -0.25) is 4.68 Å². The smallest absolute Gasteiger partial charge is 0.406 e. The van der Waals surface area contributed by atoms with Crippen LogP contribution in [0.1, 0.15) is 5.69 Å². The van der Waals surface area contributed by atoms with Crippen molar-refractivity contribution in [3.63, 3.8) is 0 Å². The molecule has 0 spiro atoms. The highest BCUT2D eigenvalue weighted by Gasteiger charge is 2.31. The van der Waals surface area contributed by atoms with E-state index in [2.05, 4.69) is 9.84 Å². The predicted molar refractivity (Wildman–Crippen MR) is 101 cm³/mol. The first-order valence-electron chi connectivity index (χ1n) is 8.68. The van der Waals surface area contributed by atoms with Crippen LogP contribution in [0.2, 0.25) is 0 Å². The molecule has 0 aliphatic carbocycles. The zero-order chi connectivity index (χ0) is 20.8. The van der Waals surface area contributed by atoms with Crippen LogP contribution in [0, 0.1) is 12.7 Å². The minimum absolute atomic E-state index is 0.310. The molecule has 148 valence electrons. The van der Waals surface area contributed by atoms with E-state index in [1.807, 2.05) is 13.0 Å². The van der Waals surface area contributed by atoms with Gasteiger partial charge in [0.25, 0.3) is 0 Å². The largest absolute Gasteiger partial charge is 0.573 e. The van der Waals surface area contributed by atoms with Crippen molar-refractivity contribution in [2.45, 2.75) is 13.3 Å². The lowest BCUT2D eigenvalue weighted by molar-refractivity contribution is -0.274. The number of hydrogen-bond donors (Lipinski definition) is 0. The number of rotatable bonds is 3. The lowest BCUT2D eigenvalue weighted by Crippen LogP contribution is -2.16. The van der Waals surface area contributed by atoms with Crippen molar-refractivity contribution >= 4 is 10.9 Å². The summed E-state index contributed by atoms with van der Waals surface area (Å²) in [6.07, 6.45) is -4.75. The number of aromatic nitrogens is 3. The molecule has 8 heteroatoms. The van der Waals surface area contributed by atoms with E-state index in [1.54, 1.807) is 23.9 Å². The summed E-state index contributed by atoms with van der Waals surface area (Å²) >= 11 is 0. The van der Waals surface area contributed by atoms with Crippen LogP contribution in [0.25, 0.3) is 33.4 Å². The van der Waals surface area contributed by atoms with E-state index < -0.39 is 6.36 Å². The summed E-state index contributed by atoms with van der Waals surface area (Å²) in [6, 6.07) is 13.3. The summed E-state index contributed by atoms with van der Waals surface area (Å²) in [6.45, 7) is 1.84. The third-order valence-electron chi connectivity index (χ3n) is 4.51. The fourth-order valence-corrected chi connectivity index (χ4v) is 3.26. The lowest BCUT2D eigenvalue weighted by Gasteiger charge is -2.11. The second-order valence-electron chi connectivity index (χ2n) is 6.54. The number of pyridine rings is 1. The monoisotopic (exact) mass is 401 g/mol. The van der Waals surface area contributed by atoms with Crippen LogP contribution >= 0.6 is 0 Å². The van der Waals surface area contributed by atoms with E-state index in [0.717, 1.165) is 16.6 Å². The Morgan fingerprint density at radius 2 is 1.55 bits per heavy atom. The first kappa shape index (κ1) is 18.9. The van der Waals surface area contributed by atoms with Crippen molar-refractivity contribution in [1.29, 1.82) is 0 Å². The van der Waals surface area contributed by atoms with Crippen molar-refractivity contribution < 1.29 is 22.3 Å². The molecule has 4 nitrogen and oxygen atoms in total. The second-order valence-corrected chi connectivity index (χ2v) is 6.54. The van der Waals surface area contributed by atoms with Gasteiger partial charge in [-0.1, -0.05) is 0 Å². The summed E-state index contributed by atoms with van der Waals surface area (Å²) in [5.74, 6) is -0.665. The maximum Gasteiger partial charge on any atom is 0.573 e. The first-order chi connectivity index (χ1) is 13.7. The molecule has 0 aliphatic heterocycles. The number of hydrogen-bond acceptors (Lipinski definition) is 3. The molecular formula is C21H15F4N3O. The minimum atomic E-state index is -4.75. The van der Waals surface area contributed by atoms with Gasteiger partial charge < -0.3 is 4.74 Å². The molecule has 29 heavy (non-hydrogen) atoms. The molecule has 0 N–H and O–H groups in total. The Balaban J connectivity index is 1.87. The van der Waals surface area contributed by atoms with Gasteiger partial charge in [0.05, 0.1) is 22.6 Å². The van der Waals surface area contributed by atoms with E-state index in [0.29, 0.717) is 22.5 Å². The molecule has 2 aromatic carbocycles. The van der Waals surface area contributed by atoms with Crippen LogP contribution < -0.4 is 4.74 Å². The molecular weight excluding hydrogens is 386 g/mol. The van der Waals surface area contributed by atoms with Gasteiger partial charge in [-0.15, -0.1) is 13.2 Å². The molecule has 0 saturated carbocycles. The van der Waals surface area contributed by atoms with Gasteiger partial charge in [-0.25, -0.2) is 9.37 Å². The highest BCUT2D eigenvalue weighted by atomic mass is 19.4. The van der Waals surface area contributed by atoms with E-state index >= 15 is 0 Å². The summed E-state index contributed by atoms with van der Waals surface area (Å²) in [7, 11) is 1.80. The number of aryl methyl sites for hydroxylation is 2. The van der Waals surface area contributed by atoms with Gasteiger partial charge in [0.15, 0.2) is 0 Å². The van der Waals surface area contributed by atoms with Crippen molar-refractivity contribution in [3.8, 4) is 28.3 Å². The molecule has 0 aliphatic rings. The van der Waals surface area contributed by atoms with E-state index in [1.165, 1.54) is 36.4 Å². The Morgan fingerprint density at radius 1 is 0.931 bits per heavy atom. The van der Waals surface area contributed by atoms with E-state index in [4.69, 9.17) is 4.98 Å². The molecule has 4 aromatic rings. The topological polar surface area (TPSA) is 39.9 Å². The standard InChI is InChI=1S/C21H15F4N3O/c1-12-19-18(28(2)27-12)11-17(13-3-7-15(22)8-4-13)26-20(19)14-5-9-16(10-6-14)29-21(23,24)25/h3-11H,1-2H3. The minimum Gasteiger partial charge on any atom is -0.406 e. The third-order valence-corrected chi connectivity index (χ3v) is 4.51. The molecule has 0 bridgehead atoms. The van der Waals surface area contributed by atoms with Crippen LogP contribution in [0.4, 0.5) is 17.6 Å². The van der Waals surface area contributed by atoms with Crippen LogP contribution in [0.15, 0.2) is 54.6 Å². The quantitative estimate of drug-likeness (QED) is 0.417. The lowest BCUT2D eigenvalue weighted by atomic mass is 10.0. The zero-order valence-corrected chi connectivity index (χ0v) is 15.5. The molecule has 0 radical (unpaired) electrons. The van der Waals surface area contributed by atoms with Gasteiger partial charge in [-0.05, 0) is 61.5 Å². The van der Waals surface area contributed by atoms with E-state index in [-0.39, 0.29) is 11.6 Å². The van der Waals surface area contributed by atoms with Gasteiger partial charge in [-0.2, -0.15) is 5.10 Å². The molecule has 4 rings (SSSR count). The molecule has 0 unspecified atom stereocenters. The number of ether oxygens (including phenoxy) is 1. The van der Waals surface area contributed by atoms with Gasteiger partial charge in [0.1, 0.15) is 11.6 Å². The number of alkyl halides is 3. The van der Waals surface area contributed by atoms with Crippen molar-refractivity contribution in [3.05, 3.63) is 66.1 Å². The van der Waals surface area contributed by atoms with Crippen molar-refractivity contribution in [2.24, 2.45) is 7.05 Å². The summed E-state index contributed by atoms with van der Waals surface area (Å²) < 4.78 is 56.2. The molecule has 2 aromatic heterocycles. The summed E-state index contributed by atoms with van der Waals surface area (Å²) in [4.78, 5) is 4.71. The Kier molecular flexibility index (Phi) is 4.49. The molecule has 2 heterocycles. The number of benzene rings is 2. The fourth-order valence-electron chi connectivity index (χ4n) is 3.26. The Bertz CT molecular complexity index is 1180. The highest BCUT2D eigenvalue weighted by Crippen LogP contribution is 2.34. The number of halogens is 4.